The highest BCUT2D eigenvalue weighted by molar-refractivity contribution is 9.10. The normalized spacial score (nSPS) is 33.2. The summed E-state index contributed by atoms with van der Waals surface area (Å²) < 4.78 is 1.02. The molecule has 0 amide bonds. The number of aromatic nitrogens is 1. The molecule has 5 rings (SSSR count). The maximum atomic E-state index is 3.84. The number of hydrogen-bond donors (Lipinski definition) is 0. The summed E-state index contributed by atoms with van der Waals surface area (Å²) in [4.78, 5) is 3.84. The Balaban J connectivity index is 0.000000115. The van der Waals surface area contributed by atoms with Crippen LogP contribution in [-0.2, 0) is 0 Å². The van der Waals surface area contributed by atoms with Gasteiger partial charge in [0.1, 0.15) is 6.71 Å². The van der Waals surface area contributed by atoms with Gasteiger partial charge in [0.15, 0.2) is 0 Å². The molecule has 3 heteroatoms. The van der Waals surface area contributed by atoms with Crippen molar-refractivity contribution in [3.63, 3.8) is 0 Å². The number of pyridine rings is 1. The minimum Gasteiger partial charge on any atom is -0.264 e. The quantitative estimate of drug-likeness (QED) is 0.646. The van der Waals surface area contributed by atoms with E-state index >= 15 is 0 Å². The van der Waals surface area contributed by atoms with Crippen LogP contribution in [0.25, 0.3) is 0 Å². The molecule has 0 spiro atoms. The molecular formula is C14H19BBrN. The van der Waals surface area contributed by atoms with Crippen LogP contribution in [0.15, 0.2) is 29.0 Å². The highest BCUT2D eigenvalue weighted by Crippen LogP contribution is 2.51. The molecule has 4 fully saturated rings. The molecule has 0 radical (unpaired) electrons. The summed E-state index contributed by atoms with van der Waals surface area (Å²) in [7, 11) is 0. The number of nitrogens with zero attached hydrogens (tertiary/aromatic N) is 1. The number of hydrogen-bond acceptors (Lipinski definition) is 1. The predicted octanol–water partition coefficient (Wildman–Crippen LogP) is 4.39. The Kier molecular flexibility index (Phi) is 3.55. The van der Waals surface area contributed by atoms with E-state index in [0.29, 0.717) is 0 Å². The molecule has 3 aliphatic heterocycles. The van der Waals surface area contributed by atoms with E-state index in [4.69, 9.17) is 0 Å². The number of rotatable bonds is 0. The lowest BCUT2D eigenvalue weighted by molar-refractivity contribution is 0.194. The fourth-order valence-electron chi connectivity index (χ4n) is 4.33. The topological polar surface area (TPSA) is 12.9 Å². The van der Waals surface area contributed by atoms with E-state index in [1.807, 2.05) is 12.1 Å². The average molecular weight is 292 g/mol. The molecule has 0 unspecified atom stereocenters. The third kappa shape index (κ3) is 2.93. The van der Waals surface area contributed by atoms with Crippen molar-refractivity contribution < 1.29 is 0 Å². The molecule has 17 heavy (non-hydrogen) atoms. The fraction of sp³-hybridized carbons (Fsp3) is 0.643. The van der Waals surface area contributed by atoms with Crippen LogP contribution in [0, 0.1) is 17.8 Å². The van der Waals surface area contributed by atoms with Gasteiger partial charge in [0.25, 0.3) is 0 Å². The van der Waals surface area contributed by atoms with Gasteiger partial charge >= 0.3 is 0 Å². The summed E-state index contributed by atoms with van der Waals surface area (Å²) in [6.45, 7) is 1.18. The molecule has 4 heterocycles. The van der Waals surface area contributed by atoms with Gasteiger partial charge in [-0.2, -0.15) is 0 Å². The first-order chi connectivity index (χ1) is 8.29. The standard InChI is InChI=1S/C9H15B.C5H4BrN/c1-7-2-9-3-8(1)5-10(4-7)6-9;6-5-2-1-3-7-4-5/h7-9H,1-6H2;1-4H. The van der Waals surface area contributed by atoms with Crippen molar-refractivity contribution in [2.75, 3.05) is 0 Å². The van der Waals surface area contributed by atoms with Gasteiger partial charge in [0.2, 0.25) is 0 Å². The minimum atomic E-state index is 1.02. The first kappa shape index (κ1) is 11.8. The SMILES string of the molecule is Brc1cccnc1.C1B2CC3CC1CC(C2)C3. The van der Waals surface area contributed by atoms with E-state index in [1.165, 1.54) is 24.5 Å². The van der Waals surface area contributed by atoms with Gasteiger partial charge in [0.05, 0.1) is 0 Å². The molecule has 0 atom stereocenters. The summed E-state index contributed by atoms with van der Waals surface area (Å²) in [5, 5.41) is 0. The van der Waals surface area contributed by atoms with E-state index in [0.717, 1.165) is 4.47 Å². The zero-order chi connectivity index (χ0) is 11.7. The van der Waals surface area contributed by atoms with E-state index in [9.17, 15) is 0 Å². The van der Waals surface area contributed by atoms with Gasteiger partial charge < -0.3 is 0 Å². The second-order valence-corrected chi connectivity index (χ2v) is 6.97. The van der Waals surface area contributed by atoms with E-state index in [2.05, 4.69) is 20.9 Å². The zero-order valence-corrected chi connectivity index (χ0v) is 11.8. The van der Waals surface area contributed by atoms with Crippen LogP contribution >= 0.6 is 15.9 Å². The molecule has 4 aliphatic rings. The van der Waals surface area contributed by atoms with E-state index in [1.54, 1.807) is 50.6 Å². The molecule has 4 bridgehead atoms. The van der Waals surface area contributed by atoms with Crippen LogP contribution in [0.3, 0.4) is 0 Å². The number of halogens is 1. The Morgan fingerprint density at radius 1 is 1.06 bits per heavy atom. The first-order valence-electron chi connectivity index (χ1n) is 6.85. The van der Waals surface area contributed by atoms with Gasteiger partial charge in [-0.25, -0.2) is 0 Å². The predicted molar refractivity (Wildman–Crippen MR) is 76.4 cm³/mol. The second kappa shape index (κ2) is 5.13. The Bertz CT molecular complexity index is 311. The highest BCUT2D eigenvalue weighted by Gasteiger charge is 2.43. The third-order valence-corrected chi connectivity index (χ3v) is 5.09. The van der Waals surface area contributed by atoms with Crippen molar-refractivity contribution in [3.05, 3.63) is 29.0 Å². The Morgan fingerprint density at radius 2 is 1.65 bits per heavy atom. The van der Waals surface area contributed by atoms with Gasteiger partial charge in [-0.15, -0.1) is 0 Å². The molecule has 90 valence electrons. The van der Waals surface area contributed by atoms with Crippen LogP contribution < -0.4 is 0 Å². The van der Waals surface area contributed by atoms with Gasteiger partial charge in [-0.05, 0) is 65.1 Å². The average Bonchev–Trinajstić information content (AvgIpc) is 2.28. The summed E-state index contributed by atoms with van der Waals surface area (Å²) in [6, 6.07) is 3.82. The summed E-state index contributed by atoms with van der Waals surface area (Å²) in [6.07, 6.45) is 13.1. The Morgan fingerprint density at radius 3 is 1.94 bits per heavy atom. The van der Waals surface area contributed by atoms with Crippen LogP contribution in [0.4, 0.5) is 0 Å². The smallest absolute Gasteiger partial charge is 0.140 e. The lowest BCUT2D eigenvalue weighted by atomic mass is 9.28. The van der Waals surface area contributed by atoms with Crippen molar-refractivity contribution in [1.82, 2.24) is 4.98 Å². The second-order valence-electron chi connectivity index (χ2n) is 6.05. The molecule has 0 N–H and O–H groups in total. The molecule has 3 saturated heterocycles. The zero-order valence-electron chi connectivity index (χ0n) is 10.2. The van der Waals surface area contributed by atoms with Crippen molar-refractivity contribution in [2.24, 2.45) is 17.8 Å². The lowest BCUT2D eigenvalue weighted by Crippen LogP contribution is -2.42. The Labute approximate surface area is 113 Å². The lowest BCUT2D eigenvalue weighted by Gasteiger charge is -2.48. The third-order valence-electron chi connectivity index (χ3n) is 4.63. The van der Waals surface area contributed by atoms with Crippen LogP contribution in [0.5, 0.6) is 0 Å². The summed E-state index contributed by atoms with van der Waals surface area (Å²) in [5.41, 5.74) is 0. The summed E-state index contributed by atoms with van der Waals surface area (Å²) >= 11 is 3.25. The molecule has 1 saturated carbocycles. The first-order valence-corrected chi connectivity index (χ1v) is 7.64. The van der Waals surface area contributed by atoms with Gasteiger partial charge in [-0.3, -0.25) is 4.98 Å². The fourth-order valence-corrected chi connectivity index (χ4v) is 4.60. The van der Waals surface area contributed by atoms with E-state index < -0.39 is 0 Å². The van der Waals surface area contributed by atoms with Crippen molar-refractivity contribution in [2.45, 2.75) is 38.2 Å². The van der Waals surface area contributed by atoms with Crippen molar-refractivity contribution in [3.8, 4) is 0 Å². The highest BCUT2D eigenvalue weighted by atomic mass is 79.9. The minimum absolute atomic E-state index is 1.02. The van der Waals surface area contributed by atoms with Crippen molar-refractivity contribution in [1.29, 1.82) is 0 Å². The van der Waals surface area contributed by atoms with Gasteiger partial charge in [0, 0.05) is 16.9 Å². The Hall–Kier alpha value is -0.305. The maximum Gasteiger partial charge on any atom is 0.140 e. The molecule has 0 aromatic carbocycles. The molecule has 1 aromatic rings. The van der Waals surface area contributed by atoms with Gasteiger partial charge in [-0.1, -0.05) is 19.0 Å². The summed E-state index contributed by atoms with van der Waals surface area (Å²) in [5.74, 6) is 3.53. The molecule has 1 nitrogen and oxygen atoms in total. The van der Waals surface area contributed by atoms with Crippen LogP contribution in [0.1, 0.15) is 19.3 Å². The van der Waals surface area contributed by atoms with Crippen molar-refractivity contribution >= 4 is 22.6 Å². The van der Waals surface area contributed by atoms with E-state index in [-0.39, 0.29) is 0 Å². The molecule has 1 aromatic heterocycles. The van der Waals surface area contributed by atoms with Crippen LogP contribution in [-0.4, -0.2) is 11.7 Å². The largest absolute Gasteiger partial charge is 0.264 e. The maximum absolute atomic E-state index is 3.84. The van der Waals surface area contributed by atoms with Crippen LogP contribution in [0.2, 0.25) is 19.0 Å². The molecule has 1 aliphatic carbocycles. The molecular weight excluding hydrogens is 273 g/mol. The monoisotopic (exact) mass is 291 g/mol.